The van der Waals surface area contributed by atoms with E-state index < -0.39 is 12.4 Å². The largest absolute Gasteiger partial charge is 0.586 e. The predicted molar refractivity (Wildman–Crippen MR) is 122 cm³/mol. The van der Waals surface area contributed by atoms with Crippen molar-refractivity contribution in [1.82, 2.24) is 15.2 Å². The lowest BCUT2D eigenvalue weighted by atomic mass is 10.0. The number of aromatic nitrogens is 1. The van der Waals surface area contributed by atoms with Gasteiger partial charge in [0.2, 0.25) is 0 Å². The van der Waals surface area contributed by atoms with E-state index in [0.29, 0.717) is 19.1 Å². The van der Waals surface area contributed by atoms with E-state index in [1.165, 1.54) is 6.07 Å². The molecular weight excluding hydrogens is 444 g/mol. The average molecular weight is 472 g/mol. The number of rotatable bonds is 7. The molecule has 34 heavy (non-hydrogen) atoms. The van der Waals surface area contributed by atoms with Crippen LogP contribution in [0.1, 0.15) is 30.1 Å². The summed E-state index contributed by atoms with van der Waals surface area (Å²) in [7, 11) is 1.62. The fourth-order valence-electron chi connectivity index (χ4n) is 4.59. The Bertz CT molecular complexity index is 1170. The van der Waals surface area contributed by atoms with Gasteiger partial charge >= 0.3 is 6.29 Å². The van der Waals surface area contributed by atoms with Gasteiger partial charge in [-0.3, -0.25) is 4.98 Å². The summed E-state index contributed by atoms with van der Waals surface area (Å²) in [5.41, 5.74) is 2.53. The SMILES string of the molecule is COc1ccc2nccc([C@@H](O)CN3CCC(NCc4ccc5c(c4)OC(F)(F)O5)CC3)c2c1. The zero-order valence-electron chi connectivity index (χ0n) is 18.8. The number of ether oxygens (including phenoxy) is 3. The smallest absolute Gasteiger partial charge is 0.497 e. The Morgan fingerprint density at radius 3 is 2.74 bits per heavy atom. The number of likely N-dealkylation sites (tertiary alicyclic amines) is 1. The molecule has 1 fully saturated rings. The third-order valence-corrected chi connectivity index (χ3v) is 6.42. The van der Waals surface area contributed by atoms with Crippen LogP contribution in [0.2, 0.25) is 0 Å². The summed E-state index contributed by atoms with van der Waals surface area (Å²) in [5.74, 6) is 0.854. The van der Waals surface area contributed by atoms with Gasteiger partial charge < -0.3 is 29.5 Å². The number of nitrogens with one attached hydrogen (secondary N) is 1. The Labute approximate surface area is 196 Å². The van der Waals surface area contributed by atoms with Crippen LogP contribution < -0.4 is 19.5 Å². The van der Waals surface area contributed by atoms with Crippen LogP contribution in [0.15, 0.2) is 48.7 Å². The van der Waals surface area contributed by atoms with Gasteiger partial charge in [0.05, 0.1) is 18.7 Å². The molecule has 7 nitrogen and oxygen atoms in total. The third-order valence-electron chi connectivity index (χ3n) is 6.42. The highest BCUT2D eigenvalue weighted by atomic mass is 19.3. The molecule has 2 N–H and O–H groups in total. The van der Waals surface area contributed by atoms with Crippen molar-refractivity contribution >= 4 is 10.9 Å². The maximum absolute atomic E-state index is 13.2. The van der Waals surface area contributed by atoms with Crippen LogP contribution >= 0.6 is 0 Å². The van der Waals surface area contributed by atoms with E-state index in [1.54, 1.807) is 25.4 Å². The van der Waals surface area contributed by atoms with Crippen molar-refractivity contribution in [2.75, 3.05) is 26.7 Å². The zero-order chi connectivity index (χ0) is 23.7. The fourth-order valence-corrected chi connectivity index (χ4v) is 4.59. The number of benzene rings is 2. The molecule has 0 unspecified atom stereocenters. The molecule has 1 aromatic heterocycles. The second-order valence-corrected chi connectivity index (χ2v) is 8.70. The van der Waals surface area contributed by atoms with Crippen LogP contribution in [0.3, 0.4) is 0 Å². The molecule has 9 heteroatoms. The molecule has 2 aliphatic rings. The molecule has 2 aliphatic heterocycles. The number of hydrogen-bond acceptors (Lipinski definition) is 7. The van der Waals surface area contributed by atoms with Gasteiger partial charge in [0.15, 0.2) is 11.5 Å². The summed E-state index contributed by atoms with van der Waals surface area (Å²) in [5, 5.41) is 15.4. The van der Waals surface area contributed by atoms with E-state index in [-0.39, 0.29) is 11.5 Å². The molecule has 0 radical (unpaired) electrons. The molecule has 3 aromatic rings. The second kappa shape index (κ2) is 9.32. The van der Waals surface area contributed by atoms with Gasteiger partial charge in [-0.15, -0.1) is 8.78 Å². The standard InChI is InChI=1S/C25H27F2N3O4/c1-32-18-3-4-21-20(13-18)19(6-9-28-21)22(31)15-30-10-7-17(8-11-30)29-14-16-2-5-23-24(12-16)34-25(26,27)33-23/h2-6,9,12-13,17,22,29,31H,7-8,10-11,14-15H2,1H3/t22-/m0/s1. The van der Waals surface area contributed by atoms with Crippen LogP contribution in [-0.4, -0.2) is 54.1 Å². The fraction of sp³-hybridized carbons (Fsp3) is 0.400. The first-order chi connectivity index (χ1) is 16.4. The minimum absolute atomic E-state index is 0.0565. The summed E-state index contributed by atoms with van der Waals surface area (Å²) in [6.07, 6.45) is -0.643. The van der Waals surface area contributed by atoms with Crippen molar-refractivity contribution in [1.29, 1.82) is 0 Å². The molecule has 1 atom stereocenters. The van der Waals surface area contributed by atoms with Crippen LogP contribution in [0.5, 0.6) is 17.2 Å². The number of fused-ring (bicyclic) bond motifs is 2. The number of hydrogen-bond donors (Lipinski definition) is 2. The van der Waals surface area contributed by atoms with Crippen molar-refractivity contribution < 1.29 is 28.1 Å². The van der Waals surface area contributed by atoms with E-state index >= 15 is 0 Å². The lowest BCUT2D eigenvalue weighted by Gasteiger charge is -2.33. The average Bonchev–Trinajstić information content (AvgIpc) is 3.15. The highest BCUT2D eigenvalue weighted by Gasteiger charge is 2.43. The molecular formula is C25H27F2N3O4. The topological polar surface area (TPSA) is 76.1 Å². The Kier molecular flexibility index (Phi) is 6.24. The van der Waals surface area contributed by atoms with Crippen molar-refractivity contribution in [2.45, 2.75) is 37.8 Å². The lowest BCUT2D eigenvalue weighted by molar-refractivity contribution is -0.286. The Morgan fingerprint density at radius 1 is 1.15 bits per heavy atom. The van der Waals surface area contributed by atoms with Gasteiger partial charge in [0.25, 0.3) is 0 Å². The quantitative estimate of drug-likeness (QED) is 0.542. The Hall–Kier alpha value is -3.01. The molecule has 0 bridgehead atoms. The molecule has 0 saturated carbocycles. The monoisotopic (exact) mass is 471 g/mol. The minimum atomic E-state index is -3.60. The number of aliphatic hydroxyl groups is 1. The first kappa shape index (κ1) is 22.8. The van der Waals surface area contributed by atoms with Crippen LogP contribution in [0, 0.1) is 0 Å². The molecule has 1 saturated heterocycles. The van der Waals surface area contributed by atoms with Gasteiger partial charge in [0, 0.05) is 30.7 Å². The number of halogens is 2. The van der Waals surface area contributed by atoms with Crippen LogP contribution in [0.4, 0.5) is 8.78 Å². The maximum atomic E-state index is 13.2. The normalized spacial score (nSPS) is 18.8. The van der Waals surface area contributed by atoms with Gasteiger partial charge in [-0.25, -0.2) is 0 Å². The molecule has 180 valence electrons. The second-order valence-electron chi connectivity index (χ2n) is 8.70. The molecule has 0 amide bonds. The number of methoxy groups -OCH3 is 1. The highest BCUT2D eigenvalue weighted by molar-refractivity contribution is 5.83. The molecule has 0 aliphatic carbocycles. The number of piperidine rings is 1. The number of aliphatic hydroxyl groups excluding tert-OH is 1. The minimum Gasteiger partial charge on any atom is -0.497 e. The van der Waals surface area contributed by atoms with Gasteiger partial charge in [0.1, 0.15) is 5.75 Å². The first-order valence-electron chi connectivity index (χ1n) is 11.4. The van der Waals surface area contributed by atoms with E-state index in [1.807, 2.05) is 24.3 Å². The third kappa shape index (κ3) is 4.91. The van der Waals surface area contributed by atoms with E-state index in [9.17, 15) is 13.9 Å². The maximum Gasteiger partial charge on any atom is 0.586 e. The van der Waals surface area contributed by atoms with Crippen molar-refractivity contribution in [3.05, 3.63) is 59.8 Å². The summed E-state index contributed by atoms with van der Waals surface area (Å²) < 4.78 is 40.7. The van der Waals surface area contributed by atoms with Crippen molar-refractivity contribution in [3.63, 3.8) is 0 Å². The van der Waals surface area contributed by atoms with Gasteiger partial charge in [-0.1, -0.05) is 6.07 Å². The molecule has 0 spiro atoms. The van der Waals surface area contributed by atoms with Crippen LogP contribution in [-0.2, 0) is 6.54 Å². The van der Waals surface area contributed by atoms with E-state index in [4.69, 9.17) is 4.74 Å². The van der Waals surface area contributed by atoms with Crippen molar-refractivity contribution in [3.8, 4) is 17.2 Å². The number of pyridine rings is 1. The summed E-state index contributed by atoms with van der Waals surface area (Å²) in [6.45, 7) is 2.81. The van der Waals surface area contributed by atoms with Gasteiger partial charge in [-0.05, 0) is 73.5 Å². The number of β-amino-alcohol motifs (C(OH)–C–C–N with tert-alkyl or cyclic N) is 1. The first-order valence-corrected chi connectivity index (χ1v) is 11.4. The molecule has 2 aromatic carbocycles. The highest BCUT2D eigenvalue weighted by Crippen LogP contribution is 2.41. The van der Waals surface area contributed by atoms with Crippen LogP contribution in [0.25, 0.3) is 10.9 Å². The summed E-state index contributed by atoms with van der Waals surface area (Å²) >= 11 is 0. The Morgan fingerprint density at radius 2 is 1.94 bits per heavy atom. The van der Waals surface area contributed by atoms with E-state index in [0.717, 1.165) is 53.7 Å². The van der Waals surface area contributed by atoms with Crippen molar-refractivity contribution in [2.24, 2.45) is 0 Å². The summed E-state index contributed by atoms with van der Waals surface area (Å²) in [4.78, 5) is 6.65. The predicted octanol–water partition coefficient (Wildman–Crippen LogP) is 3.85. The van der Waals surface area contributed by atoms with E-state index in [2.05, 4.69) is 24.7 Å². The number of alkyl halides is 2. The summed E-state index contributed by atoms with van der Waals surface area (Å²) in [6, 6.07) is 12.7. The molecule has 3 heterocycles. The zero-order valence-corrected chi connectivity index (χ0v) is 18.8. The van der Waals surface area contributed by atoms with Gasteiger partial charge in [-0.2, -0.15) is 0 Å². The molecule has 5 rings (SSSR count). The Balaban J connectivity index is 1.13. The lowest BCUT2D eigenvalue weighted by Crippen LogP contribution is -2.43. The number of nitrogens with zero attached hydrogens (tertiary/aromatic N) is 2.